The molecule has 1 N–H and O–H groups in total. The van der Waals surface area contributed by atoms with E-state index in [1.807, 2.05) is 55.3 Å². The van der Waals surface area contributed by atoms with Gasteiger partial charge in [0.15, 0.2) is 0 Å². The van der Waals surface area contributed by atoms with E-state index < -0.39 is 0 Å². The summed E-state index contributed by atoms with van der Waals surface area (Å²) in [6, 6.07) is 11.5. The Balaban J connectivity index is 1.69. The predicted octanol–water partition coefficient (Wildman–Crippen LogP) is 3.03. The van der Waals surface area contributed by atoms with Crippen molar-refractivity contribution >= 4 is 17.5 Å². The number of hydrogen-bond acceptors (Lipinski definition) is 3. The Morgan fingerprint density at radius 2 is 2.14 bits per heavy atom. The van der Waals surface area contributed by atoms with Crippen LogP contribution in [0.3, 0.4) is 0 Å². The summed E-state index contributed by atoms with van der Waals surface area (Å²) >= 11 is 5.93. The van der Waals surface area contributed by atoms with E-state index in [-0.39, 0.29) is 5.91 Å². The third kappa shape index (κ3) is 5.54. The normalized spacial score (nSPS) is 10.9. The molecule has 0 bridgehead atoms. The van der Waals surface area contributed by atoms with Crippen molar-refractivity contribution in [3.8, 4) is 0 Å². The van der Waals surface area contributed by atoms with Crippen LogP contribution >= 0.6 is 11.6 Å². The van der Waals surface area contributed by atoms with Gasteiger partial charge in [-0.2, -0.15) is 0 Å². The molecule has 2 aromatic rings. The molecule has 0 fully saturated rings. The van der Waals surface area contributed by atoms with Gasteiger partial charge >= 0.3 is 0 Å². The average Bonchev–Trinajstić information content (AvgIpc) is 2.83. The molecule has 4 nitrogen and oxygen atoms in total. The molecule has 0 atom stereocenters. The third-order valence-electron chi connectivity index (χ3n) is 3.26. The monoisotopic (exact) mass is 320 g/mol. The quantitative estimate of drug-likeness (QED) is 0.853. The summed E-state index contributed by atoms with van der Waals surface area (Å²) in [5.41, 5.74) is 1.12. The van der Waals surface area contributed by atoms with E-state index in [1.54, 1.807) is 0 Å². The van der Waals surface area contributed by atoms with Crippen molar-refractivity contribution in [1.29, 1.82) is 0 Å². The van der Waals surface area contributed by atoms with E-state index >= 15 is 0 Å². The Bertz CT molecular complexity index is 625. The lowest BCUT2D eigenvalue weighted by atomic mass is 10.1. The first-order valence-corrected chi connectivity index (χ1v) is 7.66. The molecule has 118 valence electrons. The first kappa shape index (κ1) is 16.6. The number of halogens is 1. The third-order valence-corrected chi connectivity index (χ3v) is 3.50. The highest BCUT2D eigenvalue weighted by atomic mass is 35.5. The second-order valence-corrected chi connectivity index (χ2v) is 5.85. The Morgan fingerprint density at radius 3 is 2.82 bits per heavy atom. The SMILES string of the molecule is Cc1ccc(CN(C)CC(=O)NCCc2cccc(Cl)c2)o1. The van der Waals surface area contributed by atoms with Crippen molar-refractivity contribution < 1.29 is 9.21 Å². The minimum Gasteiger partial charge on any atom is -0.465 e. The first-order valence-electron chi connectivity index (χ1n) is 7.28. The second-order valence-electron chi connectivity index (χ2n) is 5.41. The van der Waals surface area contributed by atoms with Gasteiger partial charge in [0.05, 0.1) is 13.1 Å². The van der Waals surface area contributed by atoms with Gasteiger partial charge in [-0.25, -0.2) is 0 Å². The van der Waals surface area contributed by atoms with Gasteiger partial charge in [0.2, 0.25) is 5.91 Å². The highest BCUT2D eigenvalue weighted by Gasteiger charge is 2.08. The molecule has 5 heteroatoms. The van der Waals surface area contributed by atoms with E-state index in [2.05, 4.69) is 5.32 Å². The van der Waals surface area contributed by atoms with Gasteiger partial charge in [-0.1, -0.05) is 23.7 Å². The number of carbonyl (C=O) groups excluding carboxylic acids is 1. The van der Waals surface area contributed by atoms with E-state index in [1.165, 1.54) is 0 Å². The van der Waals surface area contributed by atoms with Crippen LogP contribution in [-0.2, 0) is 17.8 Å². The molecule has 0 aliphatic rings. The number of likely N-dealkylation sites (N-methyl/N-ethyl adjacent to an activating group) is 1. The Hall–Kier alpha value is -1.78. The van der Waals surface area contributed by atoms with Crippen LogP contribution in [0.1, 0.15) is 17.1 Å². The van der Waals surface area contributed by atoms with Crippen LogP contribution in [0, 0.1) is 6.92 Å². The molecule has 0 unspecified atom stereocenters. The molecule has 0 radical (unpaired) electrons. The molecule has 0 saturated heterocycles. The lowest BCUT2D eigenvalue weighted by Crippen LogP contribution is -2.35. The van der Waals surface area contributed by atoms with Crippen molar-refractivity contribution in [3.05, 3.63) is 58.5 Å². The molecule has 0 aliphatic carbocycles. The lowest BCUT2D eigenvalue weighted by molar-refractivity contribution is -0.122. The summed E-state index contributed by atoms with van der Waals surface area (Å²) in [5.74, 6) is 1.76. The zero-order chi connectivity index (χ0) is 15.9. The average molecular weight is 321 g/mol. The molecular weight excluding hydrogens is 300 g/mol. The fraction of sp³-hybridized carbons (Fsp3) is 0.353. The molecule has 1 aromatic carbocycles. The molecule has 1 amide bonds. The number of hydrogen-bond donors (Lipinski definition) is 1. The molecule has 2 rings (SSSR count). The number of aryl methyl sites for hydroxylation is 1. The zero-order valence-electron chi connectivity index (χ0n) is 12.9. The fourth-order valence-electron chi connectivity index (χ4n) is 2.23. The number of nitrogens with one attached hydrogen (secondary N) is 1. The van der Waals surface area contributed by atoms with Gasteiger partial charge in [-0.3, -0.25) is 9.69 Å². The number of furan rings is 1. The van der Waals surface area contributed by atoms with Gasteiger partial charge < -0.3 is 9.73 Å². The lowest BCUT2D eigenvalue weighted by Gasteiger charge is -2.14. The summed E-state index contributed by atoms with van der Waals surface area (Å²) in [5, 5.41) is 3.64. The Morgan fingerprint density at radius 1 is 1.32 bits per heavy atom. The molecule has 0 aliphatic heterocycles. The minimum atomic E-state index is 0.00723. The number of amides is 1. The van der Waals surface area contributed by atoms with Gasteiger partial charge in [0, 0.05) is 11.6 Å². The first-order chi connectivity index (χ1) is 10.5. The summed E-state index contributed by atoms with van der Waals surface area (Å²) in [4.78, 5) is 13.8. The molecular formula is C17H21ClN2O2. The van der Waals surface area contributed by atoms with E-state index in [4.69, 9.17) is 16.0 Å². The van der Waals surface area contributed by atoms with Crippen LogP contribution < -0.4 is 5.32 Å². The maximum absolute atomic E-state index is 11.9. The van der Waals surface area contributed by atoms with Crippen molar-refractivity contribution in [3.63, 3.8) is 0 Å². The van der Waals surface area contributed by atoms with Crippen molar-refractivity contribution in [1.82, 2.24) is 10.2 Å². The molecule has 1 aromatic heterocycles. The van der Waals surface area contributed by atoms with Gasteiger partial charge in [-0.15, -0.1) is 0 Å². The summed E-state index contributed by atoms with van der Waals surface area (Å²) in [7, 11) is 1.90. The summed E-state index contributed by atoms with van der Waals surface area (Å²) in [6.45, 7) is 3.48. The summed E-state index contributed by atoms with van der Waals surface area (Å²) in [6.07, 6.45) is 0.771. The van der Waals surface area contributed by atoms with E-state index in [9.17, 15) is 4.79 Å². The van der Waals surface area contributed by atoms with Crippen LogP contribution in [0.5, 0.6) is 0 Å². The molecule has 0 spiro atoms. The summed E-state index contributed by atoms with van der Waals surface area (Å²) < 4.78 is 5.50. The van der Waals surface area contributed by atoms with E-state index in [0.29, 0.717) is 19.6 Å². The van der Waals surface area contributed by atoms with Crippen LogP contribution in [0.2, 0.25) is 5.02 Å². The Kier molecular flexibility index (Phi) is 6.04. The number of benzene rings is 1. The zero-order valence-corrected chi connectivity index (χ0v) is 13.7. The highest BCUT2D eigenvalue weighted by Crippen LogP contribution is 2.11. The number of carbonyl (C=O) groups is 1. The predicted molar refractivity (Wildman–Crippen MR) is 87.9 cm³/mol. The van der Waals surface area contributed by atoms with Gasteiger partial charge in [-0.05, 0) is 50.2 Å². The van der Waals surface area contributed by atoms with Gasteiger partial charge in [0.1, 0.15) is 11.5 Å². The van der Waals surface area contributed by atoms with Crippen molar-refractivity contribution in [2.45, 2.75) is 19.9 Å². The number of rotatable bonds is 7. The van der Waals surface area contributed by atoms with E-state index in [0.717, 1.165) is 28.5 Å². The largest absolute Gasteiger partial charge is 0.465 e. The maximum atomic E-state index is 11.9. The van der Waals surface area contributed by atoms with Crippen LogP contribution in [-0.4, -0.2) is 30.9 Å². The van der Waals surface area contributed by atoms with Crippen molar-refractivity contribution in [2.24, 2.45) is 0 Å². The fourth-order valence-corrected chi connectivity index (χ4v) is 2.44. The number of nitrogens with zero attached hydrogens (tertiary/aromatic N) is 1. The topological polar surface area (TPSA) is 45.5 Å². The van der Waals surface area contributed by atoms with Crippen LogP contribution in [0.4, 0.5) is 0 Å². The molecule has 22 heavy (non-hydrogen) atoms. The Labute approximate surface area is 136 Å². The second kappa shape index (κ2) is 8.01. The van der Waals surface area contributed by atoms with Gasteiger partial charge in [0.25, 0.3) is 0 Å². The molecule has 0 saturated carbocycles. The van der Waals surface area contributed by atoms with Crippen molar-refractivity contribution in [2.75, 3.05) is 20.1 Å². The standard InChI is InChI=1S/C17H21ClN2O2/c1-13-6-7-16(22-13)11-20(2)12-17(21)19-9-8-14-4-3-5-15(18)10-14/h3-7,10H,8-9,11-12H2,1-2H3,(H,19,21). The highest BCUT2D eigenvalue weighted by molar-refractivity contribution is 6.30. The van der Waals surface area contributed by atoms with Crippen LogP contribution in [0.25, 0.3) is 0 Å². The van der Waals surface area contributed by atoms with Crippen LogP contribution in [0.15, 0.2) is 40.8 Å². The molecule has 1 heterocycles. The maximum Gasteiger partial charge on any atom is 0.234 e. The minimum absolute atomic E-state index is 0.00723. The smallest absolute Gasteiger partial charge is 0.234 e.